The lowest BCUT2D eigenvalue weighted by Crippen LogP contribution is -2.66. The first-order chi connectivity index (χ1) is 8.77. The van der Waals surface area contributed by atoms with Gasteiger partial charge in [-0.1, -0.05) is 20.3 Å². The van der Waals surface area contributed by atoms with Crippen molar-refractivity contribution in [3.05, 3.63) is 0 Å². The number of hydrogen-bond acceptors (Lipinski definition) is 6. The fourth-order valence-corrected chi connectivity index (χ4v) is 1.78. The molecule has 5 atom stereocenters. The Morgan fingerprint density at radius 3 is 1.63 bits per heavy atom. The number of nitrogens with two attached hydrogens (primary N) is 1. The van der Waals surface area contributed by atoms with Crippen molar-refractivity contribution in [3.63, 3.8) is 0 Å². The van der Waals surface area contributed by atoms with Crippen molar-refractivity contribution < 1.29 is 25.5 Å². The van der Waals surface area contributed by atoms with Gasteiger partial charge in [-0.25, -0.2) is 0 Å². The molecule has 0 aromatic rings. The van der Waals surface area contributed by atoms with Crippen molar-refractivity contribution in [2.24, 2.45) is 11.7 Å². The van der Waals surface area contributed by atoms with E-state index in [9.17, 15) is 0 Å². The quantitative estimate of drug-likeness (QED) is 0.330. The largest absolute Gasteiger partial charge is 0.389 e. The lowest BCUT2D eigenvalue weighted by Gasteiger charge is -2.40. The van der Waals surface area contributed by atoms with E-state index < -0.39 is 36.6 Å². The van der Waals surface area contributed by atoms with Crippen molar-refractivity contribution in [1.29, 1.82) is 0 Å². The molecule has 0 saturated heterocycles. The highest BCUT2D eigenvalue weighted by atomic mass is 16.4. The fourth-order valence-electron chi connectivity index (χ4n) is 1.78. The molecule has 0 amide bonds. The van der Waals surface area contributed by atoms with Crippen LogP contribution in [0.4, 0.5) is 0 Å². The van der Waals surface area contributed by atoms with E-state index in [0.717, 1.165) is 6.42 Å². The van der Waals surface area contributed by atoms with E-state index in [0.29, 0.717) is 5.92 Å². The molecule has 0 aliphatic heterocycles. The van der Waals surface area contributed by atoms with Crippen LogP contribution in [0.25, 0.3) is 0 Å². The average molecular weight is 275 g/mol. The van der Waals surface area contributed by atoms with Gasteiger partial charge in [0.1, 0.15) is 30.5 Å². The van der Waals surface area contributed by atoms with Gasteiger partial charge in [0.25, 0.3) is 0 Å². The molecule has 1 aliphatic carbocycles. The highest BCUT2D eigenvalue weighted by molar-refractivity contribution is 5.00. The third kappa shape index (κ3) is 5.07. The van der Waals surface area contributed by atoms with Crippen LogP contribution in [-0.2, 0) is 0 Å². The Balaban J connectivity index is 0.000000399. The molecule has 1 saturated carbocycles. The molecule has 1 rings (SSSR count). The molecular weight excluding hydrogens is 250 g/mol. The van der Waals surface area contributed by atoms with E-state index in [4.69, 9.17) is 37.7 Å². The molecule has 0 bridgehead atoms. The van der Waals surface area contributed by atoms with Gasteiger partial charge in [-0.3, -0.25) is 0 Å². The van der Waals surface area contributed by atoms with Crippen LogP contribution in [0.1, 0.15) is 26.7 Å². The van der Waals surface area contributed by atoms with Crippen LogP contribution in [0.15, 0.2) is 0 Å². The van der Waals surface area contributed by atoms with Gasteiger partial charge < -0.3 is 31.3 Å². The maximum atomic E-state index is 9.10. The zero-order valence-electron chi connectivity index (χ0n) is 11.3. The molecular formula is C13H25NO5. The van der Waals surface area contributed by atoms with Crippen molar-refractivity contribution >= 4 is 0 Å². The Bertz CT molecular complexity index is 235. The average Bonchev–Trinajstić information content (AvgIpc) is 2.41. The third-order valence-electron chi connectivity index (χ3n) is 3.19. The van der Waals surface area contributed by atoms with Gasteiger partial charge in [-0.2, -0.15) is 0 Å². The Hall–Kier alpha value is -0.680. The lowest BCUT2D eigenvalue weighted by atomic mass is 9.84. The molecule has 1 aliphatic rings. The van der Waals surface area contributed by atoms with Crippen LogP contribution in [0.3, 0.4) is 0 Å². The fraction of sp³-hybridized carbons (Fsp3) is 0.846. The highest BCUT2D eigenvalue weighted by Gasteiger charge is 2.46. The standard InChI is InChI=1S/C7H12.C6H13NO5/c1-4-6-7(3)5-2;7-1-2(8)4(10)6(12)5(11)3(1)9/h2,7H,4,6H2,1,3H3;1-6,8-12H,7H2. The van der Waals surface area contributed by atoms with E-state index in [1.54, 1.807) is 0 Å². The van der Waals surface area contributed by atoms with E-state index in [1.165, 1.54) is 6.42 Å². The van der Waals surface area contributed by atoms with Crippen LogP contribution < -0.4 is 5.73 Å². The molecule has 0 radical (unpaired) electrons. The summed E-state index contributed by atoms with van der Waals surface area (Å²) in [5, 5.41) is 45.3. The second-order valence-electron chi connectivity index (χ2n) is 4.89. The Labute approximate surface area is 113 Å². The van der Waals surface area contributed by atoms with Gasteiger partial charge in [-0.05, 0) is 6.42 Å². The minimum absolute atomic E-state index is 0.477. The monoisotopic (exact) mass is 275 g/mol. The normalized spacial score (nSPS) is 39.7. The smallest absolute Gasteiger partial charge is 0.111 e. The minimum atomic E-state index is -1.56. The SMILES string of the molecule is C#CC(C)CCC.NC1C(O)C(O)C(O)C(O)C1O. The van der Waals surface area contributed by atoms with Crippen molar-refractivity contribution in [2.75, 3.05) is 0 Å². The predicted molar refractivity (Wildman–Crippen MR) is 70.9 cm³/mol. The summed E-state index contributed by atoms with van der Waals surface area (Å²) in [5.41, 5.74) is 5.23. The number of terminal acetylenes is 1. The molecule has 0 spiro atoms. The Morgan fingerprint density at radius 2 is 1.37 bits per heavy atom. The summed E-state index contributed by atoms with van der Waals surface area (Å²) in [4.78, 5) is 0. The van der Waals surface area contributed by atoms with E-state index in [1.807, 2.05) is 0 Å². The molecule has 6 nitrogen and oxygen atoms in total. The Kier molecular flexibility index (Phi) is 8.18. The van der Waals surface area contributed by atoms with Crippen LogP contribution in [0.2, 0.25) is 0 Å². The maximum Gasteiger partial charge on any atom is 0.111 e. The summed E-state index contributed by atoms with van der Waals surface area (Å²) >= 11 is 0. The zero-order valence-corrected chi connectivity index (χ0v) is 11.3. The zero-order chi connectivity index (χ0) is 15.2. The van der Waals surface area contributed by atoms with E-state index in [-0.39, 0.29) is 0 Å². The summed E-state index contributed by atoms with van der Waals surface area (Å²) in [5.74, 6) is 3.14. The predicted octanol–water partition coefficient (Wildman–Crippen LogP) is -1.81. The van der Waals surface area contributed by atoms with E-state index >= 15 is 0 Å². The maximum absolute atomic E-state index is 9.10. The Morgan fingerprint density at radius 1 is 1.00 bits per heavy atom. The van der Waals surface area contributed by atoms with Gasteiger partial charge in [0.2, 0.25) is 0 Å². The first-order valence-corrected chi connectivity index (χ1v) is 6.39. The van der Waals surface area contributed by atoms with Crippen LogP contribution >= 0.6 is 0 Å². The molecule has 6 heteroatoms. The molecule has 1 fully saturated rings. The second kappa shape index (κ2) is 8.48. The van der Waals surface area contributed by atoms with Gasteiger partial charge in [0.05, 0.1) is 6.04 Å². The molecule has 5 unspecified atom stereocenters. The summed E-state index contributed by atoms with van der Waals surface area (Å²) in [6.45, 7) is 4.22. The summed E-state index contributed by atoms with van der Waals surface area (Å²) in [6.07, 6.45) is 0.0437. The molecule has 19 heavy (non-hydrogen) atoms. The van der Waals surface area contributed by atoms with Gasteiger partial charge in [0.15, 0.2) is 0 Å². The highest BCUT2D eigenvalue weighted by Crippen LogP contribution is 2.19. The topological polar surface area (TPSA) is 127 Å². The molecule has 112 valence electrons. The number of aliphatic hydroxyl groups is 5. The van der Waals surface area contributed by atoms with Crippen LogP contribution in [0.5, 0.6) is 0 Å². The van der Waals surface area contributed by atoms with Gasteiger partial charge in [0, 0.05) is 5.92 Å². The number of hydrogen-bond donors (Lipinski definition) is 6. The molecule has 0 heterocycles. The van der Waals surface area contributed by atoms with Crippen molar-refractivity contribution in [2.45, 2.75) is 63.3 Å². The number of aliphatic hydroxyl groups excluding tert-OH is 5. The molecule has 7 N–H and O–H groups in total. The van der Waals surface area contributed by atoms with Crippen molar-refractivity contribution in [1.82, 2.24) is 0 Å². The molecule has 0 aromatic heterocycles. The van der Waals surface area contributed by atoms with Crippen LogP contribution in [-0.4, -0.2) is 62.1 Å². The third-order valence-corrected chi connectivity index (χ3v) is 3.19. The minimum Gasteiger partial charge on any atom is -0.389 e. The summed E-state index contributed by atoms with van der Waals surface area (Å²) in [6, 6.07) is -1.14. The van der Waals surface area contributed by atoms with Crippen molar-refractivity contribution in [3.8, 4) is 12.3 Å². The summed E-state index contributed by atoms with van der Waals surface area (Å²) < 4.78 is 0. The van der Waals surface area contributed by atoms with Crippen LogP contribution in [0, 0.1) is 18.3 Å². The first-order valence-electron chi connectivity index (χ1n) is 6.39. The molecule has 0 aromatic carbocycles. The summed E-state index contributed by atoms with van der Waals surface area (Å²) in [7, 11) is 0. The number of rotatable bonds is 2. The first kappa shape index (κ1) is 18.3. The second-order valence-corrected chi connectivity index (χ2v) is 4.89. The van der Waals surface area contributed by atoms with E-state index in [2.05, 4.69) is 19.8 Å². The lowest BCUT2D eigenvalue weighted by molar-refractivity contribution is -0.184. The van der Waals surface area contributed by atoms with Gasteiger partial charge in [-0.15, -0.1) is 12.3 Å². The van der Waals surface area contributed by atoms with Gasteiger partial charge >= 0.3 is 0 Å².